The number of hydrogen-bond acceptors (Lipinski definition) is 3. The average Bonchev–Trinajstić information content (AvgIpc) is 1.82. The molecule has 0 rings (SSSR count). The molecular formula is C5H7NO3. The van der Waals surface area contributed by atoms with Gasteiger partial charge in [-0.1, -0.05) is 0 Å². The molecule has 0 aromatic heterocycles. The van der Waals surface area contributed by atoms with E-state index in [0.717, 1.165) is 0 Å². The molecule has 0 aromatic rings. The third-order valence-electron chi connectivity index (χ3n) is 0.809. The second kappa shape index (κ2) is 3.77. The Bertz CT molecular complexity index is 141. The van der Waals surface area contributed by atoms with Crippen molar-refractivity contribution in [3.05, 3.63) is 22.4 Å². The van der Waals surface area contributed by atoms with Crippen molar-refractivity contribution in [3.63, 3.8) is 0 Å². The Morgan fingerprint density at radius 3 is 2.67 bits per heavy atom. The van der Waals surface area contributed by atoms with Gasteiger partial charge in [0.1, 0.15) is 6.29 Å². The maximum absolute atomic E-state index is 9.80. The summed E-state index contributed by atoms with van der Waals surface area (Å²) >= 11 is 0. The zero-order valence-electron chi connectivity index (χ0n) is 4.87. The highest BCUT2D eigenvalue weighted by Crippen LogP contribution is 1.99. The molecule has 50 valence electrons. The monoisotopic (exact) mass is 129 g/mol. The van der Waals surface area contributed by atoms with Crippen LogP contribution in [0.1, 0.15) is 12.8 Å². The summed E-state index contributed by atoms with van der Waals surface area (Å²) in [5.41, 5.74) is -0.109. The van der Waals surface area contributed by atoms with Gasteiger partial charge in [0.2, 0.25) is 5.70 Å². The van der Waals surface area contributed by atoms with Gasteiger partial charge >= 0.3 is 0 Å². The van der Waals surface area contributed by atoms with Crippen LogP contribution in [0.3, 0.4) is 0 Å². The number of carbonyl (C=O) groups excluding carboxylic acids is 1. The molecule has 0 unspecified atom stereocenters. The van der Waals surface area contributed by atoms with E-state index in [1.807, 2.05) is 0 Å². The number of nitrogens with zero attached hydrogens (tertiary/aromatic N) is 1. The van der Waals surface area contributed by atoms with Crippen molar-refractivity contribution in [2.75, 3.05) is 0 Å². The van der Waals surface area contributed by atoms with E-state index in [9.17, 15) is 14.9 Å². The van der Waals surface area contributed by atoms with Gasteiger partial charge in [0.05, 0.1) is 4.92 Å². The summed E-state index contributed by atoms with van der Waals surface area (Å²) in [7, 11) is 0. The van der Waals surface area contributed by atoms with Crippen molar-refractivity contribution < 1.29 is 9.72 Å². The topological polar surface area (TPSA) is 60.2 Å². The van der Waals surface area contributed by atoms with Gasteiger partial charge in [0.15, 0.2) is 0 Å². The molecule has 0 spiro atoms. The maximum atomic E-state index is 9.80. The van der Waals surface area contributed by atoms with Crippen LogP contribution in [0.2, 0.25) is 0 Å². The molecule has 0 bridgehead atoms. The van der Waals surface area contributed by atoms with Gasteiger partial charge in [-0.2, -0.15) is 0 Å². The first-order valence-corrected chi connectivity index (χ1v) is 2.44. The average molecular weight is 129 g/mol. The second-order valence-electron chi connectivity index (χ2n) is 1.53. The lowest BCUT2D eigenvalue weighted by Gasteiger charge is -1.88. The Hall–Kier alpha value is -1.19. The third kappa shape index (κ3) is 3.40. The van der Waals surface area contributed by atoms with Gasteiger partial charge in [-0.15, -0.1) is 0 Å². The van der Waals surface area contributed by atoms with Crippen molar-refractivity contribution in [2.24, 2.45) is 0 Å². The molecule has 0 heterocycles. The van der Waals surface area contributed by atoms with Crippen LogP contribution in [-0.2, 0) is 4.79 Å². The van der Waals surface area contributed by atoms with Crippen LogP contribution in [0.15, 0.2) is 12.3 Å². The predicted octanol–water partition coefficient (Wildman–Crippen LogP) is 0.756. The molecule has 0 aliphatic rings. The molecule has 9 heavy (non-hydrogen) atoms. The summed E-state index contributed by atoms with van der Waals surface area (Å²) in [6.07, 6.45) is 0.963. The van der Waals surface area contributed by atoms with Crippen molar-refractivity contribution in [3.8, 4) is 0 Å². The summed E-state index contributed by atoms with van der Waals surface area (Å²) in [5.74, 6) is 0. The fourth-order valence-corrected chi connectivity index (χ4v) is 0.317. The van der Waals surface area contributed by atoms with E-state index in [1.165, 1.54) is 0 Å². The highest BCUT2D eigenvalue weighted by molar-refractivity contribution is 5.49. The van der Waals surface area contributed by atoms with Crippen LogP contribution in [-0.4, -0.2) is 11.2 Å². The minimum Gasteiger partial charge on any atom is -0.303 e. The molecule has 0 amide bonds. The third-order valence-corrected chi connectivity index (χ3v) is 0.809. The standard InChI is InChI=1S/C5H7NO3/c1-5(6(8)9)3-2-4-7/h4H,1-3H2. The van der Waals surface area contributed by atoms with Crippen LogP contribution < -0.4 is 0 Å². The molecule has 0 saturated heterocycles. The first-order valence-electron chi connectivity index (χ1n) is 2.44. The predicted molar refractivity (Wildman–Crippen MR) is 31.4 cm³/mol. The molecule has 4 heteroatoms. The summed E-state index contributed by atoms with van der Waals surface area (Å²) < 4.78 is 0. The van der Waals surface area contributed by atoms with Crippen molar-refractivity contribution in [1.82, 2.24) is 0 Å². The highest BCUT2D eigenvalue weighted by atomic mass is 16.6. The lowest BCUT2D eigenvalue weighted by Crippen LogP contribution is -1.96. The molecular weight excluding hydrogens is 122 g/mol. The molecule has 0 atom stereocenters. The number of aldehydes is 1. The Morgan fingerprint density at radius 1 is 1.78 bits per heavy atom. The fourth-order valence-electron chi connectivity index (χ4n) is 0.317. The van der Waals surface area contributed by atoms with Crippen molar-refractivity contribution in [1.29, 1.82) is 0 Å². The van der Waals surface area contributed by atoms with Gasteiger partial charge in [-0.05, 0) is 6.58 Å². The molecule has 0 N–H and O–H groups in total. The zero-order chi connectivity index (χ0) is 7.28. The van der Waals surface area contributed by atoms with Gasteiger partial charge < -0.3 is 4.79 Å². The molecule has 0 aliphatic carbocycles. The lowest BCUT2D eigenvalue weighted by atomic mass is 10.3. The highest BCUT2D eigenvalue weighted by Gasteiger charge is 2.03. The molecule has 4 nitrogen and oxygen atoms in total. The fraction of sp³-hybridized carbons (Fsp3) is 0.400. The molecule has 0 saturated carbocycles. The maximum Gasteiger partial charge on any atom is 0.239 e. The summed E-state index contributed by atoms with van der Waals surface area (Å²) in [6, 6.07) is 0. The lowest BCUT2D eigenvalue weighted by molar-refractivity contribution is -0.427. The largest absolute Gasteiger partial charge is 0.303 e. The molecule has 0 aromatic carbocycles. The smallest absolute Gasteiger partial charge is 0.239 e. The quantitative estimate of drug-likeness (QED) is 0.320. The Balaban J connectivity index is 3.51. The number of hydrogen-bond donors (Lipinski definition) is 0. The summed E-state index contributed by atoms with van der Waals surface area (Å²) in [5, 5.41) is 9.80. The second-order valence-corrected chi connectivity index (χ2v) is 1.53. The Kier molecular flexibility index (Phi) is 3.27. The van der Waals surface area contributed by atoms with Crippen LogP contribution in [0.5, 0.6) is 0 Å². The SMILES string of the molecule is C=C(CCC=O)[N+](=O)[O-]. The van der Waals surface area contributed by atoms with Gasteiger partial charge in [-0.25, -0.2) is 0 Å². The van der Waals surface area contributed by atoms with Gasteiger partial charge in [0, 0.05) is 12.8 Å². The molecule has 0 fully saturated rings. The van der Waals surface area contributed by atoms with Crippen LogP contribution in [0, 0.1) is 10.1 Å². The Labute approximate surface area is 52.3 Å². The normalized spacial score (nSPS) is 8.44. The van der Waals surface area contributed by atoms with E-state index in [1.54, 1.807) is 0 Å². The van der Waals surface area contributed by atoms with Gasteiger partial charge in [-0.3, -0.25) is 10.1 Å². The first-order chi connectivity index (χ1) is 4.18. The first kappa shape index (κ1) is 7.81. The molecule has 0 aliphatic heterocycles. The number of nitro groups is 1. The van der Waals surface area contributed by atoms with E-state index in [-0.39, 0.29) is 18.5 Å². The van der Waals surface area contributed by atoms with Crippen molar-refractivity contribution >= 4 is 6.29 Å². The minimum atomic E-state index is -0.580. The van der Waals surface area contributed by atoms with Gasteiger partial charge in [0.25, 0.3) is 0 Å². The summed E-state index contributed by atoms with van der Waals surface area (Å²) in [4.78, 5) is 18.9. The molecule has 0 radical (unpaired) electrons. The van der Waals surface area contributed by atoms with Crippen LogP contribution in [0.25, 0.3) is 0 Å². The van der Waals surface area contributed by atoms with E-state index in [0.29, 0.717) is 6.29 Å². The number of carbonyl (C=O) groups is 1. The van der Waals surface area contributed by atoms with E-state index >= 15 is 0 Å². The minimum absolute atomic E-state index is 0.109. The van der Waals surface area contributed by atoms with Crippen LogP contribution in [0.4, 0.5) is 0 Å². The zero-order valence-corrected chi connectivity index (χ0v) is 4.87. The number of allylic oxidation sites excluding steroid dienone is 1. The van der Waals surface area contributed by atoms with E-state index < -0.39 is 4.92 Å². The number of rotatable bonds is 4. The van der Waals surface area contributed by atoms with Crippen LogP contribution >= 0.6 is 0 Å². The summed E-state index contributed by atoms with van der Waals surface area (Å²) in [6.45, 7) is 3.13. The van der Waals surface area contributed by atoms with Crippen molar-refractivity contribution in [2.45, 2.75) is 12.8 Å². The van der Waals surface area contributed by atoms with E-state index in [4.69, 9.17) is 0 Å². The van der Waals surface area contributed by atoms with E-state index in [2.05, 4.69) is 6.58 Å². The Morgan fingerprint density at radius 2 is 2.33 bits per heavy atom.